The molecule has 1 unspecified atom stereocenters. The molecule has 0 bridgehead atoms. The predicted octanol–water partition coefficient (Wildman–Crippen LogP) is 2.48. The molecule has 1 heterocycles. The van der Waals surface area contributed by atoms with Gasteiger partial charge in [0.2, 0.25) is 0 Å². The molecule has 0 amide bonds. The van der Waals surface area contributed by atoms with Gasteiger partial charge in [-0.05, 0) is 50.7 Å². The summed E-state index contributed by atoms with van der Waals surface area (Å²) in [7, 11) is 0. The molecule has 1 aliphatic heterocycles. The van der Waals surface area contributed by atoms with Crippen LogP contribution in [0.2, 0.25) is 0 Å². The molecule has 0 aliphatic carbocycles. The van der Waals surface area contributed by atoms with Gasteiger partial charge in [-0.25, -0.2) is 4.79 Å². The second-order valence-corrected chi connectivity index (χ2v) is 5.33. The molecule has 5 nitrogen and oxygen atoms in total. The summed E-state index contributed by atoms with van der Waals surface area (Å²) in [5.74, 6) is -0.231. The molecule has 0 saturated heterocycles. The van der Waals surface area contributed by atoms with Crippen molar-refractivity contribution in [1.82, 2.24) is 10.2 Å². The average molecular weight is 320 g/mol. The van der Waals surface area contributed by atoms with E-state index >= 15 is 0 Å². The Hall–Kier alpha value is -2.08. The van der Waals surface area contributed by atoms with E-state index in [-0.39, 0.29) is 11.7 Å². The van der Waals surface area contributed by atoms with E-state index in [1.54, 1.807) is 25.1 Å². The summed E-state index contributed by atoms with van der Waals surface area (Å²) in [5.41, 5.74) is 2.06. The second-order valence-electron chi connectivity index (χ2n) is 4.94. The van der Waals surface area contributed by atoms with Crippen LogP contribution in [0.4, 0.5) is 0 Å². The van der Waals surface area contributed by atoms with E-state index in [9.17, 15) is 9.90 Å². The molecular formula is C16H20N2O3S. The van der Waals surface area contributed by atoms with Gasteiger partial charge in [-0.15, -0.1) is 0 Å². The van der Waals surface area contributed by atoms with Gasteiger partial charge in [0.25, 0.3) is 0 Å². The lowest BCUT2D eigenvalue weighted by molar-refractivity contribution is -0.139. The first-order chi connectivity index (χ1) is 10.5. The van der Waals surface area contributed by atoms with E-state index in [0.717, 1.165) is 11.3 Å². The largest absolute Gasteiger partial charge is 0.508 e. The second kappa shape index (κ2) is 6.79. The molecule has 0 spiro atoms. The quantitative estimate of drug-likeness (QED) is 0.656. The fourth-order valence-electron chi connectivity index (χ4n) is 2.59. The minimum atomic E-state index is -0.429. The van der Waals surface area contributed by atoms with Gasteiger partial charge in [0.05, 0.1) is 18.2 Å². The summed E-state index contributed by atoms with van der Waals surface area (Å²) < 4.78 is 5.19. The van der Waals surface area contributed by atoms with E-state index in [1.165, 1.54) is 0 Å². The van der Waals surface area contributed by atoms with Crippen LogP contribution in [0.25, 0.3) is 0 Å². The van der Waals surface area contributed by atoms with Crippen LogP contribution < -0.4 is 5.32 Å². The van der Waals surface area contributed by atoms with Crippen molar-refractivity contribution in [3.8, 4) is 5.75 Å². The maximum atomic E-state index is 12.4. The van der Waals surface area contributed by atoms with Crippen LogP contribution in [0, 0.1) is 0 Å². The summed E-state index contributed by atoms with van der Waals surface area (Å²) in [6.45, 7) is 6.56. The Kier molecular flexibility index (Phi) is 5.03. The number of rotatable bonds is 4. The zero-order valence-electron chi connectivity index (χ0n) is 12.9. The number of aromatic hydroxyl groups is 1. The zero-order valence-corrected chi connectivity index (χ0v) is 13.7. The van der Waals surface area contributed by atoms with Crippen molar-refractivity contribution in [3.05, 3.63) is 41.1 Å². The third kappa shape index (κ3) is 3.06. The lowest BCUT2D eigenvalue weighted by atomic mass is 9.95. The predicted molar refractivity (Wildman–Crippen MR) is 88.3 cm³/mol. The van der Waals surface area contributed by atoms with Crippen LogP contribution in [-0.4, -0.2) is 34.2 Å². The van der Waals surface area contributed by atoms with E-state index in [1.807, 2.05) is 24.8 Å². The summed E-state index contributed by atoms with van der Waals surface area (Å²) in [4.78, 5) is 14.3. The molecule has 0 aromatic heterocycles. The number of allylic oxidation sites excluding steroid dienone is 1. The Balaban J connectivity index is 2.53. The monoisotopic (exact) mass is 320 g/mol. The smallest absolute Gasteiger partial charge is 0.338 e. The Morgan fingerprint density at radius 3 is 2.77 bits per heavy atom. The highest BCUT2D eigenvalue weighted by Crippen LogP contribution is 2.32. The third-order valence-electron chi connectivity index (χ3n) is 3.61. The van der Waals surface area contributed by atoms with E-state index in [0.29, 0.717) is 23.8 Å². The average Bonchev–Trinajstić information content (AvgIpc) is 2.47. The van der Waals surface area contributed by atoms with Gasteiger partial charge in [-0.2, -0.15) is 0 Å². The number of phenols is 1. The van der Waals surface area contributed by atoms with Crippen molar-refractivity contribution in [2.24, 2.45) is 0 Å². The van der Waals surface area contributed by atoms with Crippen LogP contribution in [0.5, 0.6) is 5.75 Å². The number of ether oxygens (including phenoxy) is 1. The Morgan fingerprint density at radius 1 is 1.45 bits per heavy atom. The normalized spacial score (nSPS) is 18.2. The van der Waals surface area contributed by atoms with Crippen molar-refractivity contribution in [1.29, 1.82) is 0 Å². The third-order valence-corrected chi connectivity index (χ3v) is 3.95. The molecule has 2 rings (SSSR count). The summed E-state index contributed by atoms with van der Waals surface area (Å²) in [6, 6.07) is 6.35. The van der Waals surface area contributed by atoms with Gasteiger partial charge >= 0.3 is 5.97 Å². The number of esters is 1. The first-order valence-corrected chi connectivity index (χ1v) is 7.65. The van der Waals surface area contributed by atoms with Gasteiger partial charge in [0.15, 0.2) is 5.11 Å². The van der Waals surface area contributed by atoms with Crippen LogP contribution >= 0.6 is 12.2 Å². The Morgan fingerprint density at radius 2 is 2.18 bits per heavy atom. The highest BCUT2D eigenvalue weighted by Gasteiger charge is 2.34. The molecule has 0 fully saturated rings. The molecule has 1 aromatic carbocycles. The topological polar surface area (TPSA) is 61.8 Å². The number of hydrogen-bond acceptors (Lipinski definition) is 4. The molecule has 0 radical (unpaired) electrons. The zero-order chi connectivity index (χ0) is 16.3. The Bertz CT molecular complexity index is 628. The van der Waals surface area contributed by atoms with E-state index in [2.05, 4.69) is 5.32 Å². The summed E-state index contributed by atoms with van der Waals surface area (Å²) in [5, 5.41) is 13.4. The lowest BCUT2D eigenvalue weighted by Gasteiger charge is -2.37. The van der Waals surface area contributed by atoms with Gasteiger partial charge in [0.1, 0.15) is 5.75 Å². The Labute approximate surface area is 135 Å². The van der Waals surface area contributed by atoms with Gasteiger partial charge in [-0.1, -0.05) is 12.1 Å². The molecule has 118 valence electrons. The number of phenolic OH excluding ortho intramolecular Hbond substituents is 1. The highest BCUT2D eigenvalue weighted by molar-refractivity contribution is 7.80. The molecular weight excluding hydrogens is 300 g/mol. The lowest BCUT2D eigenvalue weighted by Crippen LogP contribution is -2.47. The first kappa shape index (κ1) is 16.3. The minimum Gasteiger partial charge on any atom is -0.508 e. The number of thiocarbonyl (C=S) groups is 1. The van der Waals surface area contributed by atoms with Crippen molar-refractivity contribution in [2.75, 3.05) is 13.2 Å². The number of hydrogen-bond donors (Lipinski definition) is 2. The number of nitrogens with one attached hydrogen (secondary N) is 1. The number of carbonyl (C=O) groups excluding carboxylic acids is 1. The molecule has 1 aromatic rings. The number of nitrogens with zero attached hydrogens (tertiary/aromatic N) is 1. The van der Waals surface area contributed by atoms with Crippen molar-refractivity contribution in [3.63, 3.8) is 0 Å². The van der Waals surface area contributed by atoms with Crippen LogP contribution in [-0.2, 0) is 9.53 Å². The van der Waals surface area contributed by atoms with Crippen molar-refractivity contribution >= 4 is 23.3 Å². The van der Waals surface area contributed by atoms with Crippen molar-refractivity contribution < 1.29 is 14.6 Å². The van der Waals surface area contributed by atoms with Gasteiger partial charge < -0.3 is 20.1 Å². The molecule has 6 heteroatoms. The minimum absolute atomic E-state index is 0.143. The molecule has 2 N–H and O–H groups in total. The SMILES string of the molecule is CCOC(=O)C1=C(C)N(CC)C(=S)NC1c1cccc(O)c1. The van der Waals surface area contributed by atoms with Crippen molar-refractivity contribution in [2.45, 2.75) is 26.8 Å². The first-order valence-electron chi connectivity index (χ1n) is 7.24. The van der Waals surface area contributed by atoms with Crippen LogP contribution in [0.1, 0.15) is 32.4 Å². The van der Waals surface area contributed by atoms with Crippen LogP contribution in [0.15, 0.2) is 35.5 Å². The standard InChI is InChI=1S/C16H20N2O3S/c1-4-18-10(3)13(15(20)21-5-2)14(17-16(18)22)11-7-6-8-12(19)9-11/h6-9,14,19H,4-5H2,1-3H3,(H,17,22). The summed E-state index contributed by atoms with van der Waals surface area (Å²) in [6.07, 6.45) is 0. The molecule has 1 aliphatic rings. The maximum absolute atomic E-state index is 12.4. The van der Waals surface area contributed by atoms with E-state index in [4.69, 9.17) is 17.0 Å². The number of benzene rings is 1. The molecule has 22 heavy (non-hydrogen) atoms. The molecule has 1 atom stereocenters. The maximum Gasteiger partial charge on any atom is 0.338 e. The van der Waals surface area contributed by atoms with E-state index < -0.39 is 6.04 Å². The van der Waals surface area contributed by atoms with Gasteiger partial charge in [-0.3, -0.25) is 0 Å². The van der Waals surface area contributed by atoms with Crippen LogP contribution in [0.3, 0.4) is 0 Å². The molecule has 0 saturated carbocycles. The fraction of sp³-hybridized carbons (Fsp3) is 0.375. The highest BCUT2D eigenvalue weighted by atomic mass is 32.1. The summed E-state index contributed by atoms with van der Waals surface area (Å²) >= 11 is 5.38. The fourth-order valence-corrected chi connectivity index (χ4v) is 2.97. The number of carbonyl (C=O) groups is 1. The van der Waals surface area contributed by atoms with Gasteiger partial charge in [0, 0.05) is 12.2 Å².